The van der Waals surface area contributed by atoms with E-state index in [9.17, 15) is 0 Å². The van der Waals surface area contributed by atoms with Crippen LogP contribution >= 0.6 is 0 Å². The first-order valence-electron chi connectivity index (χ1n) is 2.70. The lowest BCUT2D eigenvalue weighted by atomic mass is 10.3. The molecule has 10 heavy (non-hydrogen) atoms. The molecule has 0 aliphatic heterocycles. The van der Waals surface area contributed by atoms with Gasteiger partial charge in [-0.1, -0.05) is 6.07 Å². The number of hydrogen-bond acceptors (Lipinski definition) is 3. The quantitative estimate of drug-likeness (QED) is 0.378. The van der Waals surface area contributed by atoms with E-state index in [1.165, 1.54) is 6.07 Å². The summed E-state index contributed by atoms with van der Waals surface area (Å²) in [7, 11) is 0. The number of aromatic nitrogens is 1. The highest BCUT2D eigenvalue weighted by molar-refractivity contribution is 5.93. The first-order valence-corrected chi connectivity index (χ1v) is 2.70. The van der Waals surface area contributed by atoms with Gasteiger partial charge in [0.25, 0.3) is 0 Å². The predicted molar refractivity (Wildman–Crippen MR) is 36.9 cm³/mol. The van der Waals surface area contributed by atoms with Crippen LogP contribution in [0.1, 0.15) is 5.69 Å². The number of pyridine rings is 1. The van der Waals surface area contributed by atoms with Crippen molar-refractivity contribution >= 4 is 5.84 Å². The van der Waals surface area contributed by atoms with Crippen LogP contribution in [0.15, 0.2) is 18.2 Å². The minimum atomic E-state index is -0.143. The average Bonchev–Trinajstić information content (AvgIpc) is 1.88. The van der Waals surface area contributed by atoms with E-state index in [1.807, 2.05) is 0 Å². The molecule has 0 saturated carbocycles. The molecule has 1 rings (SSSR count). The second-order valence-corrected chi connectivity index (χ2v) is 1.79. The van der Waals surface area contributed by atoms with E-state index in [4.69, 9.17) is 16.2 Å². The second-order valence-electron chi connectivity index (χ2n) is 1.79. The number of rotatable bonds is 1. The molecule has 0 saturated heterocycles. The van der Waals surface area contributed by atoms with E-state index in [0.29, 0.717) is 5.69 Å². The van der Waals surface area contributed by atoms with Gasteiger partial charge in [0.2, 0.25) is 5.88 Å². The van der Waals surface area contributed by atoms with Gasteiger partial charge >= 0.3 is 0 Å². The number of nitrogen functional groups attached to an aromatic ring is 1. The van der Waals surface area contributed by atoms with E-state index in [1.54, 1.807) is 12.1 Å². The predicted octanol–water partition coefficient (Wildman–Crippen LogP) is 0.0713. The first-order chi connectivity index (χ1) is 4.70. The molecule has 0 radical (unpaired) electrons. The highest BCUT2D eigenvalue weighted by atomic mass is 16.3. The fourth-order valence-corrected chi connectivity index (χ4v) is 0.573. The van der Waals surface area contributed by atoms with Crippen molar-refractivity contribution in [2.24, 2.45) is 5.73 Å². The van der Waals surface area contributed by atoms with Crippen molar-refractivity contribution in [2.45, 2.75) is 0 Å². The lowest BCUT2D eigenvalue weighted by molar-refractivity contribution is 0.453. The van der Waals surface area contributed by atoms with Crippen molar-refractivity contribution < 1.29 is 5.11 Å². The zero-order chi connectivity index (χ0) is 7.56. The fourth-order valence-electron chi connectivity index (χ4n) is 0.573. The first kappa shape index (κ1) is 6.54. The molecule has 1 heterocycles. The van der Waals surface area contributed by atoms with Gasteiger partial charge < -0.3 is 10.8 Å². The highest BCUT2D eigenvalue weighted by Crippen LogP contribution is 2.02. The zero-order valence-electron chi connectivity index (χ0n) is 5.20. The second kappa shape index (κ2) is 2.34. The summed E-state index contributed by atoms with van der Waals surface area (Å²) in [6.07, 6.45) is 0. The molecule has 0 bridgehead atoms. The van der Waals surface area contributed by atoms with Crippen molar-refractivity contribution in [2.75, 3.05) is 0 Å². The van der Waals surface area contributed by atoms with Gasteiger partial charge in [-0.3, -0.25) is 5.41 Å². The molecule has 0 fully saturated rings. The summed E-state index contributed by atoms with van der Waals surface area (Å²) in [6.45, 7) is 0. The molecular formula is C6H7N3O. The Morgan fingerprint density at radius 3 is 2.70 bits per heavy atom. The lowest BCUT2D eigenvalue weighted by Gasteiger charge is -1.95. The lowest BCUT2D eigenvalue weighted by Crippen LogP contribution is -2.12. The van der Waals surface area contributed by atoms with E-state index in [2.05, 4.69) is 4.98 Å². The molecule has 4 N–H and O–H groups in total. The van der Waals surface area contributed by atoms with Crippen LogP contribution in [0.25, 0.3) is 0 Å². The number of amidine groups is 1. The van der Waals surface area contributed by atoms with Gasteiger partial charge in [-0.15, -0.1) is 0 Å². The molecule has 1 aromatic heterocycles. The van der Waals surface area contributed by atoms with Gasteiger partial charge in [0.05, 0.1) is 0 Å². The third-order valence-electron chi connectivity index (χ3n) is 1.01. The fraction of sp³-hybridized carbons (Fsp3) is 0. The summed E-state index contributed by atoms with van der Waals surface area (Å²) in [5.41, 5.74) is 5.38. The molecular weight excluding hydrogens is 130 g/mol. The molecule has 0 atom stereocenters. The van der Waals surface area contributed by atoms with Gasteiger partial charge in [-0.2, -0.15) is 0 Å². The maximum Gasteiger partial charge on any atom is 0.211 e. The summed E-state index contributed by atoms with van der Waals surface area (Å²) in [5, 5.41) is 15.7. The summed E-state index contributed by atoms with van der Waals surface area (Å²) in [4.78, 5) is 3.58. The Kier molecular flexibility index (Phi) is 1.53. The number of nitrogens with zero attached hydrogens (tertiary/aromatic N) is 1. The molecule has 1 aromatic rings. The smallest absolute Gasteiger partial charge is 0.211 e. The standard InChI is InChI=1S/C6H7N3O/c7-6(8)4-2-1-3-5(10)9-4/h1-3H,(H3,7,8)(H,9,10). The largest absolute Gasteiger partial charge is 0.493 e. The number of hydrogen-bond donors (Lipinski definition) is 3. The zero-order valence-corrected chi connectivity index (χ0v) is 5.20. The SMILES string of the molecule is N=C(N)c1cccc(O)n1. The molecule has 0 aliphatic rings. The van der Waals surface area contributed by atoms with Crippen molar-refractivity contribution in [1.82, 2.24) is 4.98 Å². The average molecular weight is 137 g/mol. The topological polar surface area (TPSA) is 83.0 Å². The van der Waals surface area contributed by atoms with Crippen molar-refractivity contribution in [3.63, 3.8) is 0 Å². The van der Waals surface area contributed by atoms with Crippen LogP contribution in [0, 0.1) is 5.41 Å². The van der Waals surface area contributed by atoms with Crippen LogP contribution in [-0.4, -0.2) is 15.9 Å². The third kappa shape index (κ3) is 1.22. The highest BCUT2D eigenvalue weighted by Gasteiger charge is 1.96. The van der Waals surface area contributed by atoms with Gasteiger partial charge in [0, 0.05) is 6.07 Å². The Morgan fingerprint density at radius 2 is 2.30 bits per heavy atom. The van der Waals surface area contributed by atoms with Crippen LogP contribution in [0.4, 0.5) is 0 Å². The van der Waals surface area contributed by atoms with E-state index in [0.717, 1.165) is 0 Å². The van der Waals surface area contributed by atoms with E-state index in [-0.39, 0.29) is 11.7 Å². The van der Waals surface area contributed by atoms with Gasteiger partial charge in [-0.05, 0) is 6.07 Å². The summed E-state index contributed by atoms with van der Waals surface area (Å²) in [5.74, 6) is -0.261. The third-order valence-corrected chi connectivity index (χ3v) is 1.01. The Morgan fingerprint density at radius 1 is 1.60 bits per heavy atom. The van der Waals surface area contributed by atoms with Gasteiger partial charge in [0.1, 0.15) is 11.5 Å². The number of aromatic hydroxyl groups is 1. The van der Waals surface area contributed by atoms with Crippen LogP contribution < -0.4 is 5.73 Å². The molecule has 0 aromatic carbocycles. The maximum absolute atomic E-state index is 8.80. The molecule has 0 spiro atoms. The number of nitrogens with one attached hydrogen (secondary N) is 1. The Bertz CT molecular complexity index is 259. The van der Waals surface area contributed by atoms with Crippen molar-refractivity contribution in [3.8, 4) is 5.88 Å². The molecule has 4 heteroatoms. The normalized spacial score (nSPS) is 9.20. The van der Waals surface area contributed by atoms with Crippen LogP contribution in [0.5, 0.6) is 5.88 Å². The van der Waals surface area contributed by atoms with Crippen molar-refractivity contribution in [1.29, 1.82) is 5.41 Å². The Balaban J connectivity index is 3.07. The van der Waals surface area contributed by atoms with Gasteiger partial charge in [0.15, 0.2) is 0 Å². The van der Waals surface area contributed by atoms with E-state index >= 15 is 0 Å². The van der Waals surface area contributed by atoms with Crippen LogP contribution in [-0.2, 0) is 0 Å². The maximum atomic E-state index is 8.80. The Labute approximate surface area is 57.8 Å². The number of nitrogens with two attached hydrogens (primary N) is 1. The summed E-state index contributed by atoms with van der Waals surface area (Å²) < 4.78 is 0. The molecule has 4 nitrogen and oxygen atoms in total. The van der Waals surface area contributed by atoms with Crippen LogP contribution in [0.2, 0.25) is 0 Å². The molecule has 0 unspecified atom stereocenters. The summed E-state index contributed by atoms with van der Waals surface area (Å²) in [6, 6.07) is 4.56. The minimum Gasteiger partial charge on any atom is -0.493 e. The molecule has 0 aliphatic carbocycles. The Hall–Kier alpha value is -1.58. The van der Waals surface area contributed by atoms with Crippen molar-refractivity contribution in [3.05, 3.63) is 23.9 Å². The van der Waals surface area contributed by atoms with Crippen LogP contribution in [0.3, 0.4) is 0 Å². The monoisotopic (exact) mass is 137 g/mol. The minimum absolute atomic E-state index is 0.118. The molecule has 0 amide bonds. The van der Waals surface area contributed by atoms with E-state index < -0.39 is 0 Å². The van der Waals surface area contributed by atoms with Gasteiger partial charge in [-0.25, -0.2) is 4.98 Å². The summed E-state index contributed by atoms with van der Waals surface area (Å²) >= 11 is 0. The molecule has 52 valence electrons.